The molecular weight excluding hydrogens is 340 g/mol. The lowest BCUT2D eigenvalue weighted by Crippen LogP contribution is -2.27. The summed E-state index contributed by atoms with van der Waals surface area (Å²) in [5, 5.41) is 22.8. The van der Waals surface area contributed by atoms with Gasteiger partial charge in [0.2, 0.25) is 0 Å². The first kappa shape index (κ1) is 19.0. The number of benzene rings is 1. The van der Waals surface area contributed by atoms with E-state index in [2.05, 4.69) is 4.98 Å². The van der Waals surface area contributed by atoms with E-state index in [-0.39, 0.29) is 39.3 Å². The van der Waals surface area contributed by atoms with Crippen molar-refractivity contribution in [2.75, 3.05) is 0 Å². The Bertz CT molecular complexity index is 905. The van der Waals surface area contributed by atoms with Crippen LogP contribution in [-0.2, 0) is 4.74 Å². The third-order valence-corrected chi connectivity index (χ3v) is 3.66. The van der Waals surface area contributed by atoms with Crippen molar-refractivity contribution >= 4 is 17.6 Å². The Morgan fingerprint density at radius 1 is 1.15 bits per heavy atom. The molecule has 26 heavy (non-hydrogen) atoms. The highest BCUT2D eigenvalue weighted by molar-refractivity contribution is 6.06. The molecule has 0 aliphatic heterocycles. The van der Waals surface area contributed by atoms with E-state index in [1.54, 1.807) is 20.8 Å². The summed E-state index contributed by atoms with van der Waals surface area (Å²) in [6.07, 6.45) is -0.437. The molecule has 8 nitrogen and oxygen atoms in total. The summed E-state index contributed by atoms with van der Waals surface area (Å²) < 4.78 is 5.21. The maximum Gasteiger partial charge on any atom is 0.340 e. The van der Waals surface area contributed by atoms with Gasteiger partial charge in [-0.3, -0.25) is 15.1 Å². The normalized spacial score (nSPS) is 10.7. The van der Waals surface area contributed by atoms with Crippen LogP contribution in [0.5, 0.6) is 0 Å². The Morgan fingerprint density at radius 3 is 2.31 bits per heavy atom. The molecule has 8 heteroatoms. The van der Waals surface area contributed by atoms with Crippen LogP contribution in [0.2, 0.25) is 0 Å². The molecule has 0 fully saturated rings. The number of carbonyl (C=O) groups is 2. The molecule has 0 saturated heterocycles. The number of non-ortho nitro benzene ring substituents is 1. The number of nitro groups is 1. The Kier molecular flexibility index (Phi) is 5.35. The fourth-order valence-electron chi connectivity index (χ4n) is 2.69. The van der Waals surface area contributed by atoms with Gasteiger partial charge in [-0.2, -0.15) is 0 Å². The number of hydrogen-bond donors (Lipinski definition) is 0. The van der Waals surface area contributed by atoms with E-state index in [4.69, 9.17) is 4.74 Å². The molecule has 136 valence electrons. The van der Waals surface area contributed by atoms with Crippen molar-refractivity contribution in [1.82, 2.24) is 4.98 Å². The SMILES string of the molecule is Cc1nc(C)c(C(=O)OC(C)C)c(-c2cccc([N+](=O)[O-])c2)c1C(=O)[O-]. The van der Waals surface area contributed by atoms with Gasteiger partial charge in [0.15, 0.2) is 0 Å². The molecule has 0 aliphatic carbocycles. The molecule has 0 spiro atoms. The Hall–Kier alpha value is -3.29. The van der Waals surface area contributed by atoms with Gasteiger partial charge in [-0.15, -0.1) is 0 Å². The Labute approximate surface area is 149 Å². The topological polar surface area (TPSA) is 122 Å². The Morgan fingerprint density at radius 2 is 1.77 bits per heavy atom. The maximum absolute atomic E-state index is 12.6. The van der Waals surface area contributed by atoms with E-state index in [0.717, 1.165) is 0 Å². The lowest BCUT2D eigenvalue weighted by Gasteiger charge is -2.20. The van der Waals surface area contributed by atoms with Crippen molar-refractivity contribution in [1.29, 1.82) is 0 Å². The van der Waals surface area contributed by atoms with Gasteiger partial charge in [-0.25, -0.2) is 4.79 Å². The van der Waals surface area contributed by atoms with Gasteiger partial charge in [0.1, 0.15) is 0 Å². The number of nitrogens with zero attached hydrogens (tertiary/aromatic N) is 2. The number of carboxylic acid groups (broad SMARTS) is 1. The first-order valence-corrected chi connectivity index (χ1v) is 7.81. The molecule has 1 heterocycles. The van der Waals surface area contributed by atoms with Crippen LogP contribution >= 0.6 is 0 Å². The Balaban J connectivity index is 2.87. The van der Waals surface area contributed by atoms with Crippen LogP contribution in [0.4, 0.5) is 5.69 Å². The van der Waals surface area contributed by atoms with Gasteiger partial charge in [-0.1, -0.05) is 12.1 Å². The van der Waals surface area contributed by atoms with Gasteiger partial charge in [0.25, 0.3) is 5.69 Å². The second-order valence-corrected chi connectivity index (χ2v) is 5.96. The van der Waals surface area contributed by atoms with Crippen molar-refractivity contribution in [2.24, 2.45) is 0 Å². The molecule has 2 aromatic rings. The number of esters is 1. The van der Waals surface area contributed by atoms with Crippen LogP contribution in [-0.4, -0.2) is 27.9 Å². The minimum absolute atomic E-state index is 0.00403. The standard InChI is InChI=1S/C18H18N2O6/c1-9(2)26-18(23)15-11(4)19-10(3)14(17(21)22)16(15)12-6-5-7-13(8-12)20(24)25/h5-9H,1-4H3,(H,21,22)/p-1. The number of ether oxygens (including phenoxy) is 1. The molecule has 0 amide bonds. The van der Waals surface area contributed by atoms with Crippen LogP contribution in [0.3, 0.4) is 0 Å². The van der Waals surface area contributed by atoms with E-state index < -0.39 is 23.0 Å². The molecular formula is C18H17N2O6-. The average molecular weight is 357 g/mol. The van der Waals surface area contributed by atoms with Crippen molar-refractivity contribution in [3.05, 3.63) is 56.9 Å². The highest BCUT2D eigenvalue weighted by atomic mass is 16.6. The summed E-state index contributed by atoms with van der Waals surface area (Å²) in [6, 6.07) is 5.37. The fourth-order valence-corrected chi connectivity index (χ4v) is 2.69. The molecule has 0 saturated carbocycles. The predicted molar refractivity (Wildman–Crippen MR) is 90.7 cm³/mol. The third kappa shape index (κ3) is 3.69. The summed E-state index contributed by atoms with van der Waals surface area (Å²) >= 11 is 0. The first-order valence-electron chi connectivity index (χ1n) is 7.81. The number of aryl methyl sites for hydroxylation is 2. The molecule has 0 atom stereocenters. The largest absolute Gasteiger partial charge is 0.545 e. The number of nitro benzene ring substituents is 1. The molecule has 2 rings (SSSR count). The minimum Gasteiger partial charge on any atom is -0.545 e. The molecule has 0 aliphatic rings. The zero-order valence-corrected chi connectivity index (χ0v) is 14.7. The molecule has 0 bridgehead atoms. The van der Waals surface area contributed by atoms with Gasteiger partial charge >= 0.3 is 5.97 Å². The summed E-state index contributed by atoms with van der Waals surface area (Å²) in [4.78, 5) is 38.9. The lowest BCUT2D eigenvalue weighted by molar-refractivity contribution is -0.384. The van der Waals surface area contributed by atoms with Crippen molar-refractivity contribution < 1.29 is 24.4 Å². The summed E-state index contributed by atoms with van der Waals surface area (Å²) in [6.45, 7) is 6.32. The monoisotopic (exact) mass is 357 g/mol. The van der Waals surface area contributed by atoms with Crippen LogP contribution in [0.15, 0.2) is 24.3 Å². The van der Waals surface area contributed by atoms with Crippen molar-refractivity contribution in [3.8, 4) is 11.1 Å². The second-order valence-electron chi connectivity index (χ2n) is 5.96. The fraction of sp³-hybridized carbons (Fsp3) is 0.278. The third-order valence-electron chi connectivity index (χ3n) is 3.66. The van der Waals surface area contributed by atoms with Crippen LogP contribution in [0, 0.1) is 24.0 Å². The highest BCUT2D eigenvalue weighted by Gasteiger charge is 2.25. The average Bonchev–Trinajstić information content (AvgIpc) is 2.52. The number of aromatic carboxylic acids is 1. The number of carbonyl (C=O) groups excluding carboxylic acids is 2. The van der Waals surface area contributed by atoms with Crippen LogP contribution in [0.25, 0.3) is 11.1 Å². The summed E-state index contributed by atoms with van der Waals surface area (Å²) in [7, 11) is 0. The smallest absolute Gasteiger partial charge is 0.340 e. The quantitative estimate of drug-likeness (QED) is 0.456. The van der Waals surface area contributed by atoms with Gasteiger partial charge in [0, 0.05) is 29.0 Å². The zero-order valence-electron chi connectivity index (χ0n) is 14.7. The molecule has 0 N–H and O–H groups in total. The lowest BCUT2D eigenvalue weighted by atomic mass is 9.92. The minimum atomic E-state index is -1.53. The second kappa shape index (κ2) is 7.30. The molecule has 0 unspecified atom stereocenters. The van der Waals surface area contributed by atoms with E-state index in [0.29, 0.717) is 0 Å². The number of rotatable bonds is 5. The van der Waals surface area contributed by atoms with Gasteiger partial charge in [0.05, 0.1) is 28.3 Å². The van der Waals surface area contributed by atoms with E-state index in [9.17, 15) is 24.8 Å². The van der Waals surface area contributed by atoms with Crippen LogP contribution < -0.4 is 5.11 Å². The van der Waals surface area contributed by atoms with Gasteiger partial charge in [-0.05, 0) is 33.3 Å². The molecule has 1 aromatic heterocycles. The maximum atomic E-state index is 12.6. The van der Waals surface area contributed by atoms with Crippen molar-refractivity contribution in [2.45, 2.75) is 33.8 Å². The highest BCUT2D eigenvalue weighted by Crippen LogP contribution is 2.33. The first-order chi connectivity index (χ1) is 12.1. The molecule has 1 aromatic carbocycles. The predicted octanol–water partition coefficient (Wildman–Crippen LogP) is 2.20. The summed E-state index contributed by atoms with van der Waals surface area (Å²) in [5.74, 6) is -2.29. The zero-order chi connectivity index (χ0) is 19.6. The van der Waals surface area contributed by atoms with Crippen LogP contribution in [0.1, 0.15) is 46.0 Å². The van der Waals surface area contributed by atoms with E-state index in [1.807, 2.05) is 0 Å². The number of hydrogen-bond acceptors (Lipinski definition) is 7. The number of aromatic nitrogens is 1. The van der Waals surface area contributed by atoms with Crippen molar-refractivity contribution in [3.63, 3.8) is 0 Å². The number of carboxylic acids is 1. The van der Waals surface area contributed by atoms with E-state index in [1.165, 1.54) is 31.2 Å². The number of pyridine rings is 1. The summed E-state index contributed by atoms with van der Waals surface area (Å²) in [5.41, 5.74) is 0.0229. The van der Waals surface area contributed by atoms with Gasteiger partial charge < -0.3 is 14.6 Å². The molecule has 0 radical (unpaired) electrons. The van der Waals surface area contributed by atoms with E-state index >= 15 is 0 Å².